The molecule has 2 nitrogen and oxygen atoms in total. The number of ether oxygens (including phenoxy) is 1. The summed E-state index contributed by atoms with van der Waals surface area (Å²) < 4.78 is 18.1. The minimum Gasteiger partial charge on any atom is -0.496 e. The minimum atomic E-state index is -0.204. The van der Waals surface area contributed by atoms with E-state index in [1.165, 1.54) is 6.07 Å². The molecule has 1 aromatic rings. The van der Waals surface area contributed by atoms with E-state index in [0.29, 0.717) is 0 Å². The van der Waals surface area contributed by atoms with Gasteiger partial charge in [0.25, 0.3) is 0 Å². The highest BCUT2D eigenvalue weighted by molar-refractivity contribution is 5.33. The van der Waals surface area contributed by atoms with Gasteiger partial charge in [-0.15, -0.1) is 0 Å². The van der Waals surface area contributed by atoms with Gasteiger partial charge in [-0.2, -0.15) is 0 Å². The molecule has 0 saturated heterocycles. The lowest BCUT2D eigenvalue weighted by Crippen LogP contribution is -1.99. The van der Waals surface area contributed by atoms with Gasteiger partial charge in [0.15, 0.2) is 0 Å². The third-order valence-corrected chi connectivity index (χ3v) is 2.39. The molecule has 0 heterocycles. The Morgan fingerprint density at radius 1 is 1.27 bits per heavy atom. The van der Waals surface area contributed by atoms with Crippen molar-refractivity contribution >= 4 is 0 Å². The molecule has 0 radical (unpaired) electrons. The van der Waals surface area contributed by atoms with Crippen LogP contribution < -0.4 is 10.5 Å². The van der Waals surface area contributed by atoms with Crippen molar-refractivity contribution in [3.8, 4) is 5.75 Å². The van der Waals surface area contributed by atoms with Gasteiger partial charge in [-0.25, -0.2) is 4.39 Å². The molecular formula is C12H18FNO. The maximum Gasteiger partial charge on any atom is 0.123 e. The number of benzene rings is 1. The summed E-state index contributed by atoms with van der Waals surface area (Å²) in [5, 5.41) is 0. The lowest BCUT2D eigenvalue weighted by atomic mass is 10.1. The first-order chi connectivity index (χ1) is 7.27. The maximum absolute atomic E-state index is 13.0. The fraction of sp³-hybridized carbons (Fsp3) is 0.500. The Kier molecular flexibility index (Phi) is 5.12. The van der Waals surface area contributed by atoms with Crippen molar-refractivity contribution in [2.75, 3.05) is 13.7 Å². The average molecular weight is 211 g/mol. The summed E-state index contributed by atoms with van der Waals surface area (Å²) in [6, 6.07) is 4.64. The van der Waals surface area contributed by atoms with Crippen LogP contribution in [-0.2, 0) is 6.42 Å². The first kappa shape index (κ1) is 12.0. The van der Waals surface area contributed by atoms with E-state index in [1.807, 2.05) is 0 Å². The summed E-state index contributed by atoms with van der Waals surface area (Å²) in [6.07, 6.45) is 3.98. The molecule has 0 fully saturated rings. The Balaban J connectivity index is 2.54. The number of rotatable bonds is 6. The summed E-state index contributed by atoms with van der Waals surface area (Å²) in [5.74, 6) is 0.564. The van der Waals surface area contributed by atoms with Crippen LogP contribution in [0.1, 0.15) is 24.8 Å². The Morgan fingerprint density at radius 3 is 2.73 bits per heavy atom. The molecule has 15 heavy (non-hydrogen) atoms. The van der Waals surface area contributed by atoms with E-state index in [1.54, 1.807) is 19.2 Å². The highest BCUT2D eigenvalue weighted by atomic mass is 19.1. The van der Waals surface area contributed by atoms with E-state index in [0.717, 1.165) is 43.5 Å². The molecule has 0 spiro atoms. The van der Waals surface area contributed by atoms with Gasteiger partial charge < -0.3 is 10.5 Å². The van der Waals surface area contributed by atoms with Crippen molar-refractivity contribution in [3.63, 3.8) is 0 Å². The summed E-state index contributed by atoms with van der Waals surface area (Å²) in [5.41, 5.74) is 6.34. The van der Waals surface area contributed by atoms with Crippen molar-refractivity contribution in [2.24, 2.45) is 5.73 Å². The number of aryl methyl sites for hydroxylation is 1. The number of unbranched alkanes of at least 4 members (excludes halogenated alkanes) is 2. The van der Waals surface area contributed by atoms with E-state index in [9.17, 15) is 4.39 Å². The number of hydrogen-bond donors (Lipinski definition) is 1. The largest absolute Gasteiger partial charge is 0.496 e. The maximum atomic E-state index is 13.0. The summed E-state index contributed by atoms with van der Waals surface area (Å²) in [7, 11) is 1.61. The van der Waals surface area contributed by atoms with E-state index >= 15 is 0 Å². The van der Waals surface area contributed by atoms with Crippen LogP contribution in [0.2, 0.25) is 0 Å². The lowest BCUT2D eigenvalue weighted by Gasteiger charge is -2.08. The second-order valence-electron chi connectivity index (χ2n) is 3.56. The standard InChI is InChI=1S/C12H18FNO/c1-15-12-7-6-11(13)9-10(12)5-3-2-4-8-14/h6-7,9H,2-5,8,14H2,1H3. The molecule has 0 saturated carbocycles. The van der Waals surface area contributed by atoms with Crippen molar-refractivity contribution in [1.29, 1.82) is 0 Å². The molecule has 0 aromatic heterocycles. The number of halogens is 1. The van der Waals surface area contributed by atoms with Crippen molar-refractivity contribution in [1.82, 2.24) is 0 Å². The van der Waals surface area contributed by atoms with Gasteiger partial charge in [-0.05, 0) is 49.6 Å². The summed E-state index contributed by atoms with van der Waals surface area (Å²) in [6.45, 7) is 0.723. The van der Waals surface area contributed by atoms with E-state index < -0.39 is 0 Å². The lowest BCUT2D eigenvalue weighted by molar-refractivity contribution is 0.407. The molecule has 0 atom stereocenters. The Morgan fingerprint density at radius 2 is 2.07 bits per heavy atom. The predicted octanol–water partition coefficient (Wildman–Crippen LogP) is 2.51. The molecule has 84 valence electrons. The average Bonchev–Trinajstić information content (AvgIpc) is 2.25. The van der Waals surface area contributed by atoms with Crippen LogP contribution in [-0.4, -0.2) is 13.7 Å². The van der Waals surface area contributed by atoms with Crippen molar-refractivity contribution < 1.29 is 9.13 Å². The fourth-order valence-corrected chi connectivity index (χ4v) is 1.58. The number of nitrogens with two attached hydrogens (primary N) is 1. The predicted molar refractivity (Wildman–Crippen MR) is 59.6 cm³/mol. The quantitative estimate of drug-likeness (QED) is 0.734. The zero-order chi connectivity index (χ0) is 11.1. The van der Waals surface area contributed by atoms with Gasteiger partial charge in [0, 0.05) is 0 Å². The smallest absolute Gasteiger partial charge is 0.123 e. The molecule has 0 amide bonds. The molecule has 3 heteroatoms. The molecule has 0 aliphatic rings. The molecule has 0 aliphatic carbocycles. The molecule has 2 N–H and O–H groups in total. The van der Waals surface area contributed by atoms with Crippen LogP contribution in [0.25, 0.3) is 0 Å². The first-order valence-electron chi connectivity index (χ1n) is 5.30. The van der Waals surface area contributed by atoms with Crippen LogP contribution in [0.3, 0.4) is 0 Å². The normalized spacial score (nSPS) is 10.3. The molecule has 1 aromatic carbocycles. The molecule has 0 unspecified atom stereocenters. The van der Waals surface area contributed by atoms with Crippen LogP contribution in [0.15, 0.2) is 18.2 Å². The van der Waals surface area contributed by atoms with Crippen molar-refractivity contribution in [2.45, 2.75) is 25.7 Å². The van der Waals surface area contributed by atoms with Gasteiger partial charge in [-0.3, -0.25) is 0 Å². The van der Waals surface area contributed by atoms with Gasteiger partial charge in [0.2, 0.25) is 0 Å². The summed E-state index contributed by atoms with van der Waals surface area (Å²) >= 11 is 0. The molecular weight excluding hydrogens is 193 g/mol. The van der Waals surface area contributed by atoms with Crippen molar-refractivity contribution in [3.05, 3.63) is 29.6 Å². The molecule has 0 bridgehead atoms. The monoisotopic (exact) mass is 211 g/mol. The number of hydrogen-bond acceptors (Lipinski definition) is 2. The Bertz CT molecular complexity index is 302. The fourth-order valence-electron chi connectivity index (χ4n) is 1.58. The topological polar surface area (TPSA) is 35.2 Å². The Labute approximate surface area is 90.2 Å². The van der Waals surface area contributed by atoms with Gasteiger partial charge in [-0.1, -0.05) is 6.42 Å². The third-order valence-electron chi connectivity index (χ3n) is 2.39. The molecule has 0 aliphatic heterocycles. The SMILES string of the molecule is COc1ccc(F)cc1CCCCCN. The van der Waals surface area contributed by atoms with Crippen LogP contribution in [0.5, 0.6) is 5.75 Å². The second kappa shape index (κ2) is 6.40. The van der Waals surface area contributed by atoms with Gasteiger partial charge in [0.1, 0.15) is 11.6 Å². The van der Waals surface area contributed by atoms with E-state index in [-0.39, 0.29) is 5.82 Å². The zero-order valence-corrected chi connectivity index (χ0v) is 9.13. The summed E-state index contributed by atoms with van der Waals surface area (Å²) in [4.78, 5) is 0. The third kappa shape index (κ3) is 3.88. The first-order valence-corrected chi connectivity index (χ1v) is 5.30. The Hall–Kier alpha value is -1.09. The number of methoxy groups -OCH3 is 1. The van der Waals surface area contributed by atoms with E-state index in [4.69, 9.17) is 10.5 Å². The highest BCUT2D eigenvalue weighted by Gasteiger charge is 2.03. The molecule has 1 rings (SSSR count). The van der Waals surface area contributed by atoms with Gasteiger partial charge in [0.05, 0.1) is 7.11 Å². The van der Waals surface area contributed by atoms with Gasteiger partial charge >= 0.3 is 0 Å². The van der Waals surface area contributed by atoms with Crippen LogP contribution >= 0.6 is 0 Å². The minimum absolute atomic E-state index is 0.204. The highest BCUT2D eigenvalue weighted by Crippen LogP contribution is 2.21. The van der Waals surface area contributed by atoms with E-state index in [2.05, 4.69) is 0 Å². The zero-order valence-electron chi connectivity index (χ0n) is 9.13. The van der Waals surface area contributed by atoms with Crippen LogP contribution in [0, 0.1) is 5.82 Å². The second-order valence-corrected chi connectivity index (χ2v) is 3.56. The van der Waals surface area contributed by atoms with Crippen LogP contribution in [0.4, 0.5) is 4.39 Å².